The standard InChI is InChI=1S/C17H22N4O/c1-21-11-5-8-14(21)9-10-18-17(22)16-12-15(19-20-16)13-6-3-2-4-7-13/h2-4,6-7,12,14H,5,8-11H2,1H3,(H,18,22)(H,19,20). The van der Waals surface area contributed by atoms with E-state index in [1.807, 2.05) is 30.3 Å². The number of hydrogen-bond donors (Lipinski definition) is 2. The molecule has 1 amide bonds. The van der Waals surface area contributed by atoms with E-state index in [1.165, 1.54) is 19.4 Å². The van der Waals surface area contributed by atoms with Crippen molar-refractivity contribution in [1.82, 2.24) is 20.4 Å². The minimum Gasteiger partial charge on any atom is -0.351 e. The van der Waals surface area contributed by atoms with Crippen molar-refractivity contribution in [3.05, 3.63) is 42.1 Å². The minimum atomic E-state index is -0.0877. The Balaban J connectivity index is 1.53. The Morgan fingerprint density at radius 3 is 2.95 bits per heavy atom. The molecule has 1 saturated heterocycles. The van der Waals surface area contributed by atoms with E-state index in [0.29, 0.717) is 18.3 Å². The molecule has 0 radical (unpaired) electrons. The van der Waals surface area contributed by atoms with E-state index in [9.17, 15) is 4.79 Å². The number of carbonyl (C=O) groups excluding carboxylic acids is 1. The summed E-state index contributed by atoms with van der Waals surface area (Å²) < 4.78 is 0. The smallest absolute Gasteiger partial charge is 0.269 e. The summed E-state index contributed by atoms with van der Waals surface area (Å²) in [6.45, 7) is 1.87. The number of likely N-dealkylation sites (tertiary alicyclic amines) is 1. The third-order valence-electron chi connectivity index (χ3n) is 4.33. The Labute approximate surface area is 130 Å². The largest absolute Gasteiger partial charge is 0.351 e. The van der Waals surface area contributed by atoms with Gasteiger partial charge in [-0.05, 0) is 38.9 Å². The van der Waals surface area contributed by atoms with Crippen LogP contribution in [0.15, 0.2) is 36.4 Å². The fraction of sp³-hybridized carbons (Fsp3) is 0.412. The van der Waals surface area contributed by atoms with Gasteiger partial charge in [0.1, 0.15) is 5.69 Å². The minimum absolute atomic E-state index is 0.0877. The molecule has 5 nitrogen and oxygen atoms in total. The first-order chi connectivity index (χ1) is 10.7. The van der Waals surface area contributed by atoms with E-state index in [2.05, 4.69) is 27.5 Å². The second-order valence-corrected chi connectivity index (χ2v) is 5.85. The van der Waals surface area contributed by atoms with Crippen molar-refractivity contribution in [2.45, 2.75) is 25.3 Å². The van der Waals surface area contributed by atoms with Crippen molar-refractivity contribution in [3.63, 3.8) is 0 Å². The number of carbonyl (C=O) groups is 1. The molecule has 5 heteroatoms. The van der Waals surface area contributed by atoms with Crippen LogP contribution in [0.4, 0.5) is 0 Å². The molecule has 116 valence electrons. The number of nitrogens with zero attached hydrogens (tertiary/aromatic N) is 2. The van der Waals surface area contributed by atoms with Crippen molar-refractivity contribution >= 4 is 5.91 Å². The lowest BCUT2D eigenvalue weighted by Crippen LogP contribution is -2.31. The van der Waals surface area contributed by atoms with Crippen LogP contribution in [-0.2, 0) is 0 Å². The van der Waals surface area contributed by atoms with Gasteiger partial charge in [0.15, 0.2) is 0 Å². The monoisotopic (exact) mass is 298 g/mol. The molecule has 0 aliphatic carbocycles. The average molecular weight is 298 g/mol. The van der Waals surface area contributed by atoms with Gasteiger partial charge in [0.25, 0.3) is 5.91 Å². The Kier molecular flexibility index (Phi) is 4.53. The van der Waals surface area contributed by atoms with Gasteiger partial charge in [-0.25, -0.2) is 0 Å². The van der Waals surface area contributed by atoms with Crippen LogP contribution in [0.25, 0.3) is 11.3 Å². The van der Waals surface area contributed by atoms with Crippen LogP contribution in [0.5, 0.6) is 0 Å². The number of nitrogens with one attached hydrogen (secondary N) is 2. The van der Waals surface area contributed by atoms with Crippen molar-refractivity contribution in [3.8, 4) is 11.3 Å². The number of H-pyrrole nitrogens is 1. The fourth-order valence-electron chi connectivity index (χ4n) is 2.99. The maximum Gasteiger partial charge on any atom is 0.269 e. The quantitative estimate of drug-likeness (QED) is 0.890. The zero-order valence-corrected chi connectivity index (χ0v) is 12.9. The van der Waals surface area contributed by atoms with Crippen LogP contribution < -0.4 is 5.32 Å². The van der Waals surface area contributed by atoms with E-state index in [1.54, 1.807) is 6.07 Å². The lowest BCUT2D eigenvalue weighted by Gasteiger charge is -2.19. The molecule has 1 atom stereocenters. The molecule has 1 aliphatic heterocycles. The third kappa shape index (κ3) is 3.36. The van der Waals surface area contributed by atoms with Gasteiger partial charge in [0.05, 0.1) is 5.69 Å². The molecule has 1 aromatic heterocycles. The topological polar surface area (TPSA) is 61.0 Å². The first-order valence-electron chi connectivity index (χ1n) is 7.83. The third-order valence-corrected chi connectivity index (χ3v) is 4.33. The number of benzene rings is 1. The Hall–Kier alpha value is -2.14. The summed E-state index contributed by atoms with van der Waals surface area (Å²) in [7, 11) is 2.15. The van der Waals surface area contributed by atoms with Gasteiger partial charge in [-0.15, -0.1) is 0 Å². The zero-order valence-electron chi connectivity index (χ0n) is 12.9. The Morgan fingerprint density at radius 2 is 2.23 bits per heavy atom. The molecule has 1 fully saturated rings. The number of aromatic nitrogens is 2. The van der Waals surface area contributed by atoms with Crippen LogP contribution in [0, 0.1) is 0 Å². The zero-order chi connectivity index (χ0) is 15.4. The second-order valence-electron chi connectivity index (χ2n) is 5.85. The van der Waals surface area contributed by atoms with Gasteiger partial charge >= 0.3 is 0 Å². The van der Waals surface area contributed by atoms with E-state index >= 15 is 0 Å². The number of amides is 1. The maximum absolute atomic E-state index is 12.1. The normalized spacial score (nSPS) is 18.5. The molecule has 1 aliphatic rings. The number of rotatable bonds is 5. The molecule has 2 aromatic rings. The van der Waals surface area contributed by atoms with Crippen molar-refractivity contribution in [2.75, 3.05) is 20.1 Å². The molecule has 3 rings (SSSR count). The predicted octanol–water partition coefficient (Wildman–Crippen LogP) is 2.29. The molecule has 22 heavy (non-hydrogen) atoms. The van der Waals surface area contributed by atoms with Crippen LogP contribution in [-0.4, -0.2) is 47.2 Å². The van der Waals surface area contributed by atoms with E-state index < -0.39 is 0 Å². The lowest BCUT2D eigenvalue weighted by atomic mass is 10.1. The van der Waals surface area contributed by atoms with E-state index in [-0.39, 0.29) is 5.91 Å². The maximum atomic E-state index is 12.1. The summed E-state index contributed by atoms with van der Waals surface area (Å²) in [5.74, 6) is -0.0877. The Bertz CT molecular complexity index is 623. The molecule has 0 bridgehead atoms. The highest BCUT2D eigenvalue weighted by Crippen LogP contribution is 2.18. The van der Waals surface area contributed by atoms with Crippen LogP contribution >= 0.6 is 0 Å². The summed E-state index contributed by atoms with van der Waals surface area (Å²) in [6, 6.07) is 12.2. The molecular formula is C17H22N4O. The Morgan fingerprint density at radius 1 is 1.41 bits per heavy atom. The first kappa shape index (κ1) is 14.8. The molecule has 2 heterocycles. The molecule has 1 aromatic carbocycles. The van der Waals surface area contributed by atoms with E-state index in [4.69, 9.17) is 0 Å². The summed E-state index contributed by atoms with van der Waals surface area (Å²) in [4.78, 5) is 14.5. The van der Waals surface area contributed by atoms with Gasteiger partial charge in [-0.3, -0.25) is 9.89 Å². The SMILES string of the molecule is CN1CCCC1CCNC(=O)c1cc(-c2ccccc2)n[nH]1. The van der Waals surface area contributed by atoms with Gasteiger partial charge in [-0.2, -0.15) is 5.10 Å². The molecular weight excluding hydrogens is 276 g/mol. The van der Waals surface area contributed by atoms with Crippen LogP contribution in [0.3, 0.4) is 0 Å². The lowest BCUT2D eigenvalue weighted by molar-refractivity contribution is 0.0945. The molecule has 0 saturated carbocycles. The van der Waals surface area contributed by atoms with Gasteiger partial charge in [-0.1, -0.05) is 30.3 Å². The molecule has 2 N–H and O–H groups in total. The van der Waals surface area contributed by atoms with Gasteiger partial charge < -0.3 is 10.2 Å². The summed E-state index contributed by atoms with van der Waals surface area (Å²) >= 11 is 0. The summed E-state index contributed by atoms with van der Waals surface area (Å²) in [5.41, 5.74) is 2.31. The highest BCUT2D eigenvalue weighted by Gasteiger charge is 2.20. The van der Waals surface area contributed by atoms with Crippen LogP contribution in [0.2, 0.25) is 0 Å². The van der Waals surface area contributed by atoms with Gasteiger partial charge in [0, 0.05) is 18.2 Å². The average Bonchev–Trinajstić information content (AvgIpc) is 3.18. The predicted molar refractivity (Wildman–Crippen MR) is 86.6 cm³/mol. The van der Waals surface area contributed by atoms with Gasteiger partial charge in [0.2, 0.25) is 0 Å². The number of aromatic amines is 1. The fourth-order valence-corrected chi connectivity index (χ4v) is 2.99. The second kappa shape index (κ2) is 6.75. The molecule has 1 unspecified atom stereocenters. The summed E-state index contributed by atoms with van der Waals surface area (Å²) in [5, 5.41) is 10.0. The first-order valence-corrected chi connectivity index (χ1v) is 7.83. The highest BCUT2D eigenvalue weighted by atomic mass is 16.1. The van der Waals surface area contributed by atoms with Crippen molar-refractivity contribution < 1.29 is 4.79 Å². The summed E-state index contributed by atoms with van der Waals surface area (Å²) in [6.07, 6.45) is 3.49. The molecule has 0 spiro atoms. The van der Waals surface area contributed by atoms with Crippen molar-refractivity contribution in [2.24, 2.45) is 0 Å². The highest BCUT2D eigenvalue weighted by molar-refractivity contribution is 5.93. The number of hydrogen-bond acceptors (Lipinski definition) is 3. The van der Waals surface area contributed by atoms with Crippen molar-refractivity contribution in [1.29, 1.82) is 0 Å². The van der Waals surface area contributed by atoms with E-state index in [0.717, 1.165) is 17.7 Å². The van der Waals surface area contributed by atoms with Crippen LogP contribution in [0.1, 0.15) is 29.8 Å².